The fourth-order valence-corrected chi connectivity index (χ4v) is 1.54. The summed E-state index contributed by atoms with van der Waals surface area (Å²) in [5.74, 6) is -2.70. The van der Waals surface area contributed by atoms with E-state index in [0.29, 0.717) is 0 Å². The van der Waals surface area contributed by atoms with Gasteiger partial charge in [-0.25, -0.2) is 4.79 Å². The van der Waals surface area contributed by atoms with Crippen molar-refractivity contribution in [1.82, 2.24) is 0 Å². The van der Waals surface area contributed by atoms with Crippen molar-refractivity contribution in [3.05, 3.63) is 37.9 Å². The number of nitro groups is 1. The van der Waals surface area contributed by atoms with Crippen LogP contribution in [-0.4, -0.2) is 21.8 Å². The van der Waals surface area contributed by atoms with E-state index in [-0.39, 0.29) is 15.6 Å². The Balaban J connectivity index is 3.15. The average molecular weight is 278 g/mol. The van der Waals surface area contributed by atoms with Crippen molar-refractivity contribution in [3.63, 3.8) is 0 Å². The van der Waals surface area contributed by atoms with Crippen LogP contribution in [0.1, 0.15) is 5.56 Å². The van der Waals surface area contributed by atoms with Gasteiger partial charge in [-0.3, -0.25) is 14.9 Å². The summed E-state index contributed by atoms with van der Waals surface area (Å²) >= 11 is 11.2. The molecule has 90 valence electrons. The van der Waals surface area contributed by atoms with Gasteiger partial charge < -0.3 is 5.11 Å². The van der Waals surface area contributed by atoms with Crippen LogP contribution in [0.2, 0.25) is 10.0 Å². The van der Waals surface area contributed by atoms with Crippen LogP contribution in [0.5, 0.6) is 0 Å². The molecule has 1 N–H and O–H groups in total. The smallest absolute Gasteiger partial charge is 0.372 e. The van der Waals surface area contributed by atoms with E-state index < -0.39 is 28.8 Å². The summed E-state index contributed by atoms with van der Waals surface area (Å²) in [5.41, 5.74) is -0.342. The minimum atomic E-state index is -1.61. The van der Waals surface area contributed by atoms with E-state index in [1.807, 2.05) is 0 Å². The van der Waals surface area contributed by atoms with Crippen molar-refractivity contribution in [3.8, 4) is 0 Å². The zero-order chi connectivity index (χ0) is 13.2. The standard InChI is InChI=1S/C9H5Cl2NO5/c10-5-1-4(3-7(13)9(14)15)2-6(8(5)11)12(16)17/h1-2H,3H2,(H,14,15). The lowest BCUT2D eigenvalue weighted by molar-refractivity contribution is -0.384. The molecule has 0 aliphatic rings. The van der Waals surface area contributed by atoms with Crippen LogP contribution in [0, 0.1) is 10.1 Å². The highest BCUT2D eigenvalue weighted by Crippen LogP contribution is 2.33. The Bertz CT molecular complexity index is 514. The number of aliphatic carboxylic acids is 1. The van der Waals surface area contributed by atoms with E-state index in [1.54, 1.807) is 0 Å². The van der Waals surface area contributed by atoms with Crippen molar-refractivity contribution in [2.24, 2.45) is 0 Å². The van der Waals surface area contributed by atoms with Gasteiger partial charge in [0.25, 0.3) is 5.69 Å². The Kier molecular flexibility index (Phi) is 4.03. The first kappa shape index (κ1) is 13.4. The monoisotopic (exact) mass is 277 g/mol. The number of benzene rings is 1. The van der Waals surface area contributed by atoms with Crippen LogP contribution in [0.15, 0.2) is 12.1 Å². The molecule has 0 aliphatic heterocycles. The number of hydrogen-bond acceptors (Lipinski definition) is 4. The van der Waals surface area contributed by atoms with Gasteiger partial charge in [-0.15, -0.1) is 0 Å². The third kappa shape index (κ3) is 3.15. The van der Waals surface area contributed by atoms with Gasteiger partial charge in [0.2, 0.25) is 5.78 Å². The Morgan fingerprint density at radius 3 is 2.41 bits per heavy atom. The summed E-state index contributed by atoms with van der Waals surface area (Å²) in [6, 6.07) is 2.24. The number of carbonyl (C=O) groups excluding carboxylic acids is 1. The zero-order valence-corrected chi connectivity index (χ0v) is 9.66. The average Bonchev–Trinajstić information content (AvgIpc) is 2.22. The highest BCUT2D eigenvalue weighted by atomic mass is 35.5. The topological polar surface area (TPSA) is 97.5 Å². The lowest BCUT2D eigenvalue weighted by Crippen LogP contribution is -2.15. The number of carbonyl (C=O) groups is 2. The van der Waals surface area contributed by atoms with Gasteiger partial charge in [-0.2, -0.15) is 0 Å². The molecule has 8 heteroatoms. The Hall–Kier alpha value is -1.66. The summed E-state index contributed by atoms with van der Waals surface area (Å²) in [6.45, 7) is 0. The zero-order valence-electron chi connectivity index (χ0n) is 8.15. The number of halogens is 2. The minimum absolute atomic E-state index is 0.103. The largest absolute Gasteiger partial charge is 0.475 e. The first-order chi connectivity index (χ1) is 7.82. The van der Waals surface area contributed by atoms with Gasteiger partial charge in [0.1, 0.15) is 5.02 Å². The minimum Gasteiger partial charge on any atom is -0.475 e. The molecule has 0 atom stereocenters. The van der Waals surface area contributed by atoms with Gasteiger partial charge in [0.05, 0.1) is 9.95 Å². The van der Waals surface area contributed by atoms with Crippen LogP contribution in [-0.2, 0) is 16.0 Å². The molecular formula is C9H5Cl2NO5. The van der Waals surface area contributed by atoms with Gasteiger partial charge >= 0.3 is 5.97 Å². The molecule has 0 saturated carbocycles. The number of hydrogen-bond donors (Lipinski definition) is 1. The second-order valence-corrected chi connectivity index (χ2v) is 3.86. The SMILES string of the molecule is O=C(O)C(=O)Cc1cc(Cl)c(Cl)c([N+](=O)[O-])c1. The maximum Gasteiger partial charge on any atom is 0.372 e. The molecule has 0 aliphatic carbocycles. The Morgan fingerprint density at radius 1 is 1.35 bits per heavy atom. The van der Waals surface area contributed by atoms with Crippen LogP contribution in [0.4, 0.5) is 5.69 Å². The molecule has 1 aromatic rings. The van der Waals surface area contributed by atoms with Crippen molar-refractivity contribution < 1.29 is 19.6 Å². The van der Waals surface area contributed by atoms with Crippen molar-refractivity contribution in [1.29, 1.82) is 0 Å². The summed E-state index contributed by atoms with van der Waals surface area (Å²) in [5, 5.41) is 18.7. The van der Waals surface area contributed by atoms with Gasteiger partial charge in [-0.05, 0) is 11.6 Å². The molecule has 0 unspecified atom stereocenters. The molecule has 1 aromatic carbocycles. The third-order valence-electron chi connectivity index (χ3n) is 1.87. The Labute approximate surface area is 105 Å². The van der Waals surface area contributed by atoms with Crippen LogP contribution in [0.25, 0.3) is 0 Å². The molecule has 17 heavy (non-hydrogen) atoms. The number of nitrogens with zero attached hydrogens (tertiary/aromatic N) is 1. The van der Waals surface area contributed by atoms with Crippen LogP contribution in [0.3, 0.4) is 0 Å². The Morgan fingerprint density at radius 2 is 1.94 bits per heavy atom. The van der Waals surface area contributed by atoms with E-state index in [1.165, 1.54) is 6.07 Å². The summed E-state index contributed by atoms with van der Waals surface area (Å²) in [7, 11) is 0. The van der Waals surface area contributed by atoms with E-state index in [2.05, 4.69) is 0 Å². The van der Waals surface area contributed by atoms with E-state index in [4.69, 9.17) is 28.3 Å². The summed E-state index contributed by atoms with van der Waals surface area (Å²) < 4.78 is 0. The molecule has 0 fully saturated rings. The summed E-state index contributed by atoms with van der Waals surface area (Å²) in [6.07, 6.45) is -0.479. The molecule has 0 radical (unpaired) electrons. The molecule has 6 nitrogen and oxygen atoms in total. The van der Waals surface area contributed by atoms with E-state index in [0.717, 1.165) is 6.07 Å². The molecule has 0 bridgehead atoms. The lowest BCUT2D eigenvalue weighted by Gasteiger charge is -2.02. The maximum atomic E-state index is 10.9. The van der Waals surface area contributed by atoms with E-state index >= 15 is 0 Å². The van der Waals surface area contributed by atoms with Crippen LogP contribution < -0.4 is 0 Å². The number of rotatable bonds is 4. The molecule has 0 heterocycles. The molecule has 0 saturated heterocycles. The number of ketones is 1. The first-order valence-corrected chi connectivity index (χ1v) is 4.97. The summed E-state index contributed by atoms with van der Waals surface area (Å²) in [4.78, 5) is 31.1. The first-order valence-electron chi connectivity index (χ1n) is 4.21. The molecule has 0 amide bonds. The van der Waals surface area contributed by atoms with Crippen molar-refractivity contribution in [2.75, 3.05) is 0 Å². The normalized spacial score (nSPS) is 10.0. The van der Waals surface area contributed by atoms with Gasteiger partial charge in [-0.1, -0.05) is 23.2 Å². The fraction of sp³-hybridized carbons (Fsp3) is 0.111. The molecule has 0 spiro atoms. The predicted octanol–water partition coefficient (Wildman–Crippen LogP) is 2.10. The van der Waals surface area contributed by atoms with Gasteiger partial charge in [0, 0.05) is 12.5 Å². The van der Waals surface area contributed by atoms with Gasteiger partial charge in [0.15, 0.2) is 0 Å². The molecular weight excluding hydrogens is 273 g/mol. The molecule has 1 rings (SSSR count). The highest BCUT2D eigenvalue weighted by molar-refractivity contribution is 6.43. The van der Waals surface area contributed by atoms with Crippen molar-refractivity contribution in [2.45, 2.75) is 6.42 Å². The lowest BCUT2D eigenvalue weighted by atomic mass is 10.1. The predicted molar refractivity (Wildman–Crippen MR) is 59.5 cm³/mol. The van der Waals surface area contributed by atoms with Crippen LogP contribution >= 0.6 is 23.2 Å². The second-order valence-electron chi connectivity index (χ2n) is 3.07. The number of carboxylic acids is 1. The third-order valence-corrected chi connectivity index (χ3v) is 2.66. The number of carboxylic acid groups (broad SMARTS) is 1. The molecule has 0 aromatic heterocycles. The van der Waals surface area contributed by atoms with Crippen molar-refractivity contribution >= 4 is 40.6 Å². The number of nitro benzene ring substituents is 1. The van der Waals surface area contributed by atoms with E-state index in [9.17, 15) is 19.7 Å². The highest BCUT2D eigenvalue weighted by Gasteiger charge is 2.20. The quantitative estimate of drug-likeness (QED) is 0.516. The maximum absolute atomic E-state index is 10.9. The second kappa shape index (κ2) is 5.11. The fourth-order valence-electron chi connectivity index (χ4n) is 1.13. The number of Topliss-reactive ketones (excluding diaryl/α,β-unsaturated/α-hetero) is 1.